The summed E-state index contributed by atoms with van der Waals surface area (Å²) in [6, 6.07) is 13.7. The molecule has 0 bridgehead atoms. The summed E-state index contributed by atoms with van der Waals surface area (Å²) in [5.74, 6) is -0.394. The minimum Gasteiger partial charge on any atom is -0.386 e. The summed E-state index contributed by atoms with van der Waals surface area (Å²) in [5.41, 5.74) is 2.49. The van der Waals surface area contributed by atoms with Crippen LogP contribution in [-0.4, -0.2) is 57.8 Å². The topological polar surface area (TPSA) is 97.3 Å². The average Bonchev–Trinajstić information content (AvgIpc) is 2.73. The van der Waals surface area contributed by atoms with Crippen molar-refractivity contribution in [3.05, 3.63) is 59.7 Å². The number of carbonyl (C=O) groups is 1. The Morgan fingerprint density at radius 2 is 1.79 bits per heavy atom. The van der Waals surface area contributed by atoms with E-state index in [0.717, 1.165) is 11.1 Å². The van der Waals surface area contributed by atoms with Gasteiger partial charge >= 0.3 is 0 Å². The number of amides is 1. The fourth-order valence-electron chi connectivity index (χ4n) is 2.69. The molecule has 8 nitrogen and oxygen atoms in total. The lowest BCUT2D eigenvalue weighted by Gasteiger charge is -2.26. The standard InChI is InChI=1S/C20H23N3O5S/c1-16-2-4-17(5-3-16)14-21-28-15-20(24)22-18-6-8-19(9-7-18)29(25,26)23-10-12-27-13-11-23/h2-9,14H,10-13,15H2,1H3,(H,22,24)/b21-14-. The van der Waals surface area contributed by atoms with Gasteiger partial charge < -0.3 is 14.9 Å². The number of hydrogen-bond donors (Lipinski definition) is 1. The molecule has 1 aliphatic rings. The summed E-state index contributed by atoms with van der Waals surface area (Å²) in [5, 5.41) is 6.41. The van der Waals surface area contributed by atoms with Crippen molar-refractivity contribution in [2.24, 2.45) is 5.16 Å². The molecule has 9 heteroatoms. The summed E-state index contributed by atoms with van der Waals surface area (Å²) >= 11 is 0. The summed E-state index contributed by atoms with van der Waals surface area (Å²) in [6.07, 6.45) is 1.53. The second kappa shape index (κ2) is 9.64. The molecule has 2 aromatic carbocycles. The van der Waals surface area contributed by atoms with E-state index in [4.69, 9.17) is 9.57 Å². The Hall–Kier alpha value is -2.75. The summed E-state index contributed by atoms with van der Waals surface area (Å²) in [4.78, 5) is 17.1. The van der Waals surface area contributed by atoms with Crippen LogP contribution in [0.3, 0.4) is 0 Å². The maximum absolute atomic E-state index is 12.6. The Labute approximate surface area is 170 Å². The van der Waals surface area contributed by atoms with Crippen molar-refractivity contribution >= 4 is 27.8 Å². The molecular weight excluding hydrogens is 394 g/mol. The second-order valence-corrected chi connectivity index (χ2v) is 8.45. The van der Waals surface area contributed by atoms with Gasteiger partial charge in [-0.25, -0.2) is 8.42 Å². The first-order chi connectivity index (χ1) is 13.9. The quantitative estimate of drug-likeness (QED) is 0.549. The predicted molar refractivity (Wildman–Crippen MR) is 109 cm³/mol. The average molecular weight is 417 g/mol. The highest BCUT2D eigenvalue weighted by molar-refractivity contribution is 7.89. The second-order valence-electron chi connectivity index (χ2n) is 6.51. The third kappa shape index (κ3) is 5.86. The van der Waals surface area contributed by atoms with Gasteiger partial charge in [0.15, 0.2) is 6.61 Å². The molecular formula is C20H23N3O5S. The molecule has 0 radical (unpaired) electrons. The van der Waals surface area contributed by atoms with E-state index >= 15 is 0 Å². The Kier molecular flexibility index (Phi) is 6.97. The zero-order valence-electron chi connectivity index (χ0n) is 16.1. The van der Waals surface area contributed by atoms with Crippen molar-refractivity contribution in [2.45, 2.75) is 11.8 Å². The molecule has 0 spiro atoms. The molecule has 2 aromatic rings. The Morgan fingerprint density at radius 1 is 1.14 bits per heavy atom. The highest BCUT2D eigenvalue weighted by Gasteiger charge is 2.26. The SMILES string of the molecule is Cc1ccc(/C=N\OCC(=O)Nc2ccc(S(=O)(=O)N3CCOCC3)cc2)cc1. The smallest absolute Gasteiger partial charge is 0.265 e. The number of sulfonamides is 1. The van der Waals surface area contributed by atoms with Gasteiger partial charge in [-0.05, 0) is 36.8 Å². The number of carbonyl (C=O) groups excluding carboxylic acids is 1. The molecule has 1 amide bonds. The highest BCUT2D eigenvalue weighted by Crippen LogP contribution is 2.19. The predicted octanol–water partition coefficient (Wildman–Crippen LogP) is 2.01. The fraction of sp³-hybridized carbons (Fsp3) is 0.300. The molecule has 0 aromatic heterocycles. The van der Waals surface area contributed by atoms with Crippen LogP contribution in [0.15, 0.2) is 58.6 Å². The number of benzene rings is 2. The van der Waals surface area contributed by atoms with Crippen LogP contribution in [-0.2, 0) is 24.4 Å². The van der Waals surface area contributed by atoms with Crippen molar-refractivity contribution in [1.29, 1.82) is 0 Å². The summed E-state index contributed by atoms with van der Waals surface area (Å²) in [7, 11) is -3.56. The molecule has 1 aliphatic heterocycles. The van der Waals surface area contributed by atoms with Crippen LogP contribution in [0.4, 0.5) is 5.69 Å². The van der Waals surface area contributed by atoms with E-state index in [2.05, 4.69) is 10.5 Å². The zero-order chi connectivity index (χ0) is 20.7. The number of nitrogens with one attached hydrogen (secondary N) is 1. The number of nitrogens with zero attached hydrogens (tertiary/aromatic N) is 2. The first kappa shape index (κ1) is 21.0. The minimum atomic E-state index is -3.56. The van der Waals surface area contributed by atoms with E-state index in [9.17, 15) is 13.2 Å². The lowest BCUT2D eigenvalue weighted by Crippen LogP contribution is -2.40. The summed E-state index contributed by atoms with van der Waals surface area (Å²) < 4.78 is 31.7. The molecule has 1 heterocycles. The lowest BCUT2D eigenvalue weighted by molar-refractivity contribution is -0.120. The monoisotopic (exact) mass is 417 g/mol. The molecule has 3 rings (SSSR count). The number of ether oxygens (including phenoxy) is 1. The Morgan fingerprint density at radius 3 is 2.45 bits per heavy atom. The Bertz CT molecular complexity index is 951. The van der Waals surface area contributed by atoms with Crippen molar-refractivity contribution in [1.82, 2.24) is 4.31 Å². The first-order valence-corrected chi connectivity index (χ1v) is 10.6. The highest BCUT2D eigenvalue weighted by atomic mass is 32.2. The summed E-state index contributed by atoms with van der Waals surface area (Å²) in [6.45, 7) is 3.19. The van der Waals surface area contributed by atoms with Crippen LogP contribution in [0.5, 0.6) is 0 Å². The van der Waals surface area contributed by atoms with E-state index in [1.54, 1.807) is 12.1 Å². The number of hydrogen-bond acceptors (Lipinski definition) is 6. The van der Waals surface area contributed by atoms with Gasteiger partial charge in [0.1, 0.15) is 0 Å². The van der Waals surface area contributed by atoms with Gasteiger partial charge in [0, 0.05) is 18.8 Å². The molecule has 1 N–H and O–H groups in total. The maximum Gasteiger partial charge on any atom is 0.265 e. The van der Waals surface area contributed by atoms with Gasteiger partial charge in [0.25, 0.3) is 5.91 Å². The van der Waals surface area contributed by atoms with Gasteiger partial charge in [-0.1, -0.05) is 35.0 Å². The minimum absolute atomic E-state index is 0.177. The zero-order valence-corrected chi connectivity index (χ0v) is 16.9. The van der Waals surface area contributed by atoms with Crippen LogP contribution in [0, 0.1) is 6.92 Å². The van der Waals surface area contributed by atoms with Crippen LogP contribution in [0.2, 0.25) is 0 Å². The van der Waals surface area contributed by atoms with E-state index in [1.807, 2.05) is 31.2 Å². The molecule has 29 heavy (non-hydrogen) atoms. The van der Waals surface area contributed by atoms with Gasteiger partial charge in [-0.15, -0.1) is 0 Å². The number of morpholine rings is 1. The molecule has 0 atom stereocenters. The van der Waals surface area contributed by atoms with Crippen LogP contribution < -0.4 is 5.32 Å². The van der Waals surface area contributed by atoms with Gasteiger partial charge in [0.05, 0.1) is 24.3 Å². The third-order valence-corrected chi connectivity index (χ3v) is 6.21. The van der Waals surface area contributed by atoms with Crippen molar-refractivity contribution in [3.63, 3.8) is 0 Å². The number of rotatable bonds is 7. The van der Waals surface area contributed by atoms with Crippen molar-refractivity contribution in [2.75, 3.05) is 38.2 Å². The van der Waals surface area contributed by atoms with Crippen LogP contribution in [0.25, 0.3) is 0 Å². The van der Waals surface area contributed by atoms with Gasteiger partial charge in [-0.3, -0.25) is 4.79 Å². The number of oxime groups is 1. The molecule has 0 aliphatic carbocycles. The van der Waals surface area contributed by atoms with Gasteiger partial charge in [-0.2, -0.15) is 4.31 Å². The molecule has 0 unspecified atom stereocenters. The van der Waals surface area contributed by atoms with E-state index in [0.29, 0.717) is 32.0 Å². The largest absolute Gasteiger partial charge is 0.386 e. The lowest BCUT2D eigenvalue weighted by atomic mass is 10.2. The normalized spacial score (nSPS) is 15.3. The van der Waals surface area contributed by atoms with E-state index in [-0.39, 0.29) is 11.5 Å². The van der Waals surface area contributed by atoms with E-state index in [1.165, 1.54) is 22.7 Å². The molecule has 0 saturated carbocycles. The van der Waals surface area contributed by atoms with Crippen LogP contribution in [0.1, 0.15) is 11.1 Å². The maximum atomic E-state index is 12.6. The number of aryl methyl sites for hydroxylation is 1. The number of anilines is 1. The van der Waals surface area contributed by atoms with Crippen molar-refractivity contribution < 1.29 is 22.8 Å². The Balaban J connectivity index is 1.50. The molecule has 154 valence electrons. The van der Waals surface area contributed by atoms with Crippen molar-refractivity contribution in [3.8, 4) is 0 Å². The fourth-order valence-corrected chi connectivity index (χ4v) is 4.10. The molecule has 1 fully saturated rings. The first-order valence-electron chi connectivity index (χ1n) is 9.15. The third-order valence-electron chi connectivity index (χ3n) is 4.30. The van der Waals surface area contributed by atoms with Gasteiger partial charge in [0.2, 0.25) is 10.0 Å². The van der Waals surface area contributed by atoms with E-state index < -0.39 is 15.9 Å². The van der Waals surface area contributed by atoms with Crippen LogP contribution >= 0.6 is 0 Å². The molecule has 1 saturated heterocycles.